The van der Waals surface area contributed by atoms with E-state index >= 15 is 0 Å². The van der Waals surface area contributed by atoms with Gasteiger partial charge in [-0.05, 0) is 59.6 Å². The highest BCUT2D eigenvalue weighted by molar-refractivity contribution is 9.10. The normalized spacial score (nSPS) is 16.4. The summed E-state index contributed by atoms with van der Waals surface area (Å²) in [7, 11) is 0. The van der Waals surface area contributed by atoms with Gasteiger partial charge >= 0.3 is 0 Å². The van der Waals surface area contributed by atoms with E-state index < -0.39 is 5.54 Å². The molecule has 20 heavy (non-hydrogen) atoms. The maximum absolute atomic E-state index is 12.7. The first kappa shape index (κ1) is 13.6. The van der Waals surface area contributed by atoms with Crippen molar-refractivity contribution in [2.75, 3.05) is 4.90 Å². The number of hydrogen-bond donors (Lipinski definition) is 0. The molecule has 2 aromatic rings. The van der Waals surface area contributed by atoms with Crippen molar-refractivity contribution in [3.8, 4) is 0 Å². The van der Waals surface area contributed by atoms with Gasteiger partial charge < -0.3 is 0 Å². The zero-order valence-electron chi connectivity index (χ0n) is 11.0. The van der Waals surface area contributed by atoms with Crippen molar-refractivity contribution in [1.29, 1.82) is 0 Å². The van der Waals surface area contributed by atoms with Crippen LogP contribution in [0.15, 0.2) is 41.1 Å². The molecule has 1 aliphatic heterocycles. The molecular weight excluding hydrogens is 340 g/mol. The molecule has 0 fully saturated rings. The van der Waals surface area contributed by atoms with E-state index in [1.54, 1.807) is 29.4 Å². The summed E-state index contributed by atoms with van der Waals surface area (Å²) >= 11 is 9.46. The van der Waals surface area contributed by atoms with Crippen molar-refractivity contribution in [1.82, 2.24) is 4.98 Å². The smallest absolute Gasteiger partial charge is 0.259 e. The minimum Gasteiger partial charge on any atom is -0.297 e. The maximum atomic E-state index is 12.7. The Balaban J connectivity index is 2.18. The number of carbonyl (C=O) groups is 1. The molecule has 1 aromatic carbocycles. The molecule has 0 spiro atoms. The third-order valence-corrected chi connectivity index (χ3v) is 4.25. The van der Waals surface area contributed by atoms with Gasteiger partial charge in [0.2, 0.25) is 0 Å². The molecular formula is C15H12BrClN2O. The van der Waals surface area contributed by atoms with E-state index in [1.165, 1.54) is 0 Å². The summed E-state index contributed by atoms with van der Waals surface area (Å²) in [4.78, 5) is 18.6. The van der Waals surface area contributed by atoms with Crippen molar-refractivity contribution in [2.24, 2.45) is 0 Å². The van der Waals surface area contributed by atoms with Crippen LogP contribution in [-0.2, 0) is 5.54 Å². The monoisotopic (exact) mass is 350 g/mol. The van der Waals surface area contributed by atoms with Crippen molar-refractivity contribution >= 4 is 39.1 Å². The molecule has 0 saturated carbocycles. The van der Waals surface area contributed by atoms with Gasteiger partial charge in [0, 0.05) is 21.3 Å². The van der Waals surface area contributed by atoms with Gasteiger partial charge in [0.25, 0.3) is 5.91 Å². The van der Waals surface area contributed by atoms with Crippen LogP contribution in [0.4, 0.5) is 5.69 Å². The molecule has 1 aromatic heterocycles. The molecule has 1 amide bonds. The fourth-order valence-corrected chi connectivity index (χ4v) is 3.19. The molecule has 0 radical (unpaired) electrons. The molecule has 2 heterocycles. The van der Waals surface area contributed by atoms with E-state index in [1.807, 2.05) is 26.0 Å². The summed E-state index contributed by atoms with van der Waals surface area (Å²) in [6, 6.07) is 7.28. The molecule has 0 unspecified atom stereocenters. The SMILES string of the molecule is CC1(C)c2cc(Cl)ccc2C(=O)N1c1cncc(Br)c1. The van der Waals surface area contributed by atoms with E-state index in [4.69, 9.17) is 11.6 Å². The first-order valence-electron chi connectivity index (χ1n) is 6.16. The molecule has 3 nitrogen and oxygen atoms in total. The number of carbonyl (C=O) groups excluding carboxylic acids is 1. The third-order valence-electron chi connectivity index (χ3n) is 3.58. The predicted molar refractivity (Wildman–Crippen MR) is 83.2 cm³/mol. The summed E-state index contributed by atoms with van der Waals surface area (Å²) in [6.45, 7) is 4.02. The second kappa shape index (κ2) is 4.57. The lowest BCUT2D eigenvalue weighted by molar-refractivity contribution is 0.0982. The van der Waals surface area contributed by atoms with E-state index in [9.17, 15) is 4.79 Å². The van der Waals surface area contributed by atoms with Gasteiger partial charge in [-0.15, -0.1) is 0 Å². The predicted octanol–water partition coefficient (Wildman–Crippen LogP) is 4.39. The zero-order valence-corrected chi connectivity index (χ0v) is 13.4. The van der Waals surface area contributed by atoms with Gasteiger partial charge in [-0.2, -0.15) is 0 Å². The lowest BCUT2D eigenvalue weighted by Crippen LogP contribution is -2.39. The first-order chi connectivity index (χ1) is 9.41. The summed E-state index contributed by atoms with van der Waals surface area (Å²) in [5.41, 5.74) is 1.94. The molecule has 5 heteroatoms. The Morgan fingerprint density at radius 3 is 2.70 bits per heavy atom. The highest BCUT2D eigenvalue weighted by atomic mass is 79.9. The number of benzene rings is 1. The Hall–Kier alpha value is -1.39. The minimum absolute atomic E-state index is 0.0263. The number of amides is 1. The summed E-state index contributed by atoms with van der Waals surface area (Å²) in [5.74, 6) is -0.0263. The largest absolute Gasteiger partial charge is 0.297 e. The average Bonchev–Trinajstić information content (AvgIpc) is 2.57. The topological polar surface area (TPSA) is 33.2 Å². The molecule has 0 bridgehead atoms. The Morgan fingerprint density at radius 1 is 1.25 bits per heavy atom. The van der Waals surface area contributed by atoms with E-state index in [-0.39, 0.29) is 5.91 Å². The second-order valence-corrected chi connectivity index (χ2v) is 6.60. The summed E-state index contributed by atoms with van der Waals surface area (Å²) in [5, 5.41) is 0.638. The van der Waals surface area contributed by atoms with Gasteiger partial charge in [-0.3, -0.25) is 14.7 Å². The van der Waals surface area contributed by atoms with E-state index in [0.29, 0.717) is 10.6 Å². The number of anilines is 1. The van der Waals surface area contributed by atoms with Crippen LogP contribution < -0.4 is 4.90 Å². The van der Waals surface area contributed by atoms with Crippen LogP contribution in [0.25, 0.3) is 0 Å². The molecule has 0 aliphatic carbocycles. The number of pyridine rings is 1. The quantitative estimate of drug-likeness (QED) is 0.763. The second-order valence-electron chi connectivity index (χ2n) is 5.25. The summed E-state index contributed by atoms with van der Waals surface area (Å²) in [6.07, 6.45) is 3.39. The number of nitrogens with zero attached hydrogens (tertiary/aromatic N) is 2. The molecule has 102 valence electrons. The van der Waals surface area contributed by atoms with Crippen molar-refractivity contribution in [3.05, 3.63) is 57.3 Å². The van der Waals surface area contributed by atoms with Gasteiger partial charge in [-0.25, -0.2) is 0 Å². The van der Waals surface area contributed by atoms with Gasteiger partial charge in [0.1, 0.15) is 0 Å². The van der Waals surface area contributed by atoms with Crippen molar-refractivity contribution < 1.29 is 4.79 Å². The third kappa shape index (κ3) is 1.95. The fourth-order valence-electron chi connectivity index (χ4n) is 2.67. The van der Waals surface area contributed by atoms with Gasteiger partial charge in [0.15, 0.2) is 0 Å². The lowest BCUT2D eigenvalue weighted by Gasteiger charge is -2.32. The van der Waals surface area contributed by atoms with E-state index in [0.717, 1.165) is 15.7 Å². The maximum Gasteiger partial charge on any atom is 0.259 e. The Kier molecular flexibility index (Phi) is 3.10. The molecule has 1 aliphatic rings. The van der Waals surface area contributed by atoms with Crippen LogP contribution in [-0.4, -0.2) is 10.9 Å². The van der Waals surface area contributed by atoms with Crippen molar-refractivity contribution in [2.45, 2.75) is 19.4 Å². The average molecular weight is 352 g/mol. The lowest BCUT2D eigenvalue weighted by atomic mass is 9.93. The van der Waals surface area contributed by atoms with Crippen LogP contribution in [0.1, 0.15) is 29.8 Å². The van der Waals surface area contributed by atoms with Gasteiger partial charge in [0.05, 0.1) is 17.4 Å². The first-order valence-corrected chi connectivity index (χ1v) is 7.33. The van der Waals surface area contributed by atoms with Crippen LogP contribution in [0.2, 0.25) is 5.02 Å². The number of hydrogen-bond acceptors (Lipinski definition) is 2. The minimum atomic E-state index is -0.459. The molecule has 0 N–H and O–H groups in total. The highest BCUT2D eigenvalue weighted by Crippen LogP contribution is 2.42. The van der Waals surface area contributed by atoms with E-state index in [2.05, 4.69) is 20.9 Å². The number of halogens is 2. The zero-order chi connectivity index (χ0) is 14.5. The highest BCUT2D eigenvalue weighted by Gasteiger charge is 2.44. The van der Waals surface area contributed by atoms with Crippen LogP contribution >= 0.6 is 27.5 Å². The van der Waals surface area contributed by atoms with Crippen LogP contribution in [0.5, 0.6) is 0 Å². The van der Waals surface area contributed by atoms with Gasteiger partial charge in [-0.1, -0.05) is 11.6 Å². The Morgan fingerprint density at radius 2 is 2.00 bits per heavy atom. The molecule has 0 saturated heterocycles. The summed E-state index contributed by atoms with van der Waals surface area (Å²) < 4.78 is 0.840. The molecule has 0 atom stereocenters. The number of aromatic nitrogens is 1. The fraction of sp³-hybridized carbons (Fsp3) is 0.200. The molecule has 3 rings (SSSR count). The number of rotatable bonds is 1. The van der Waals surface area contributed by atoms with Crippen LogP contribution in [0.3, 0.4) is 0 Å². The van der Waals surface area contributed by atoms with Crippen LogP contribution in [0, 0.1) is 0 Å². The Bertz CT molecular complexity index is 715. The number of fused-ring (bicyclic) bond motifs is 1. The standard InChI is InChI=1S/C15H12BrClN2O/c1-15(2)13-6-10(17)3-4-12(13)14(20)19(15)11-5-9(16)7-18-8-11/h3-8H,1-2H3. The van der Waals surface area contributed by atoms with Crippen molar-refractivity contribution in [3.63, 3.8) is 0 Å². The Labute approximate surface area is 130 Å².